The van der Waals surface area contributed by atoms with Gasteiger partial charge in [-0.3, -0.25) is 9.59 Å². The minimum absolute atomic E-state index is 0.00893. The highest BCUT2D eigenvalue weighted by molar-refractivity contribution is 7.89. The summed E-state index contributed by atoms with van der Waals surface area (Å²) in [5.41, 5.74) is 1.56. The summed E-state index contributed by atoms with van der Waals surface area (Å²) in [5, 5.41) is 2.68. The van der Waals surface area contributed by atoms with Crippen molar-refractivity contribution in [3.05, 3.63) is 60.2 Å². The van der Waals surface area contributed by atoms with Gasteiger partial charge in [0.2, 0.25) is 15.9 Å². The molecule has 0 heterocycles. The summed E-state index contributed by atoms with van der Waals surface area (Å²) in [6, 6.07) is 15.8. The topological polar surface area (TPSA) is 92.8 Å². The molecule has 0 fully saturated rings. The first-order valence-corrected chi connectivity index (χ1v) is 12.4. The summed E-state index contributed by atoms with van der Waals surface area (Å²) in [7, 11) is -3.56. The Labute approximate surface area is 190 Å². The Balaban J connectivity index is 1.80. The van der Waals surface area contributed by atoms with Crippen LogP contribution in [-0.2, 0) is 30.8 Å². The highest BCUT2D eigenvalue weighted by Crippen LogP contribution is 2.19. The maximum Gasteiger partial charge on any atom is 0.306 e. The van der Waals surface area contributed by atoms with Crippen molar-refractivity contribution in [3.8, 4) is 0 Å². The van der Waals surface area contributed by atoms with Crippen molar-refractivity contribution in [3.63, 3.8) is 0 Å². The summed E-state index contributed by atoms with van der Waals surface area (Å²) in [5.74, 6) is -0.760. The predicted octanol–water partition coefficient (Wildman–Crippen LogP) is 4.00. The monoisotopic (exact) mass is 460 g/mol. The lowest BCUT2D eigenvalue weighted by molar-refractivity contribution is -0.144. The van der Waals surface area contributed by atoms with E-state index in [1.54, 1.807) is 12.1 Å². The molecule has 0 atom stereocenters. The van der Waals surface area contributed by atoms with Gasteiger partial charge in [0, 0.05) is 31.6 Å². The molecule has 0 radical (unpaired) electrons. The first-order valence-electron chi connectivity index (χ1n) is 11.0. The molecule has 0 spiro atoms. The second kappa shape index (κ2) is 13.0. The highest BCUT2D eigenvalue weighted by Gasteiger charge is 2.22. The number of hydrogen-bond acceptors (Lipinski definition) is 5. The third-order valence-corrected chi connectivity index (χ3v) is 6.69. The molecule has 0 aliphatic heterocycles. The number of anilines is 1. The molecule has 0 unspecified atom stereocenters. The second-order valence-electron chi connectivity index (χ2n) is 7.43. The average molecular weight is 461 g/mol. The van der Waals surface area contributed by atoms with Crippen LogP contribution in [0.15, 0.2) is 59.5 Å². The molecule has 0 aromatic heterocycles. The number of sulfonamides is 1. The fourth-order valence-corrected chi connectivity index (χ4v) is 4.77. The SMILES string of the molecule is CCCN(CCC)S(=O)(=O)c1ccc(NC(=O)CCC(=O)OCCc2ccccc2)cc1. The zero-order valence-electron chi connectivity index (χ0n) is 18.7. The lowest BCUT2D eigenvalue weighted by Crippen LogP contribution is -2.32. The molecule has 0 saturated heterocycles. The molecule has 0 saturated carbocycles. The number of nitrogens with zero attached hydrogens (tertiary/aromatic N) is 1. The fourth-order valence-electron chi connectivity index (χ4n) is 3.15. The van der Waals surface area contributed by atoms with E-state index in [2.05, 4.69) is 5.32 Å². The first-order chi connectivity index (χ1) is 15.4. The van der Waals surface area contributed by atoms with Gasteiger partial charge in [-0.2, -0.15) is 4.31 Å². The van der Waals surface area contributed by atoms with Crippen molar-refractivity contribution >= 4 is 27.6 Å². The van der Waals surface area contributed by atoms with E-state index in [1.165, 1.54) is 16.4 Å². The van der Waals surface area contributed by atoms with Crippen molar-refractivity contribution < 1.29 is 22.7 Å². The van der Waals surface area contributed by atoms with E-state index in [-0.39, 0.29) is 30.3 Å². The van der Waals surface area contributed by atoms with Gasteiger partial charge in [0.25, 0.3) is 0 Å². The van der Waals surface area contributed by atoms with E-state index in [0.717, 1.165) is 18.4 Å². The first kappa shape index (κ1) is 25.5. The minimum atomic E-state index is -3.56. The van der Waals surface area contributed by atoms with Crippen molar-refractivity contribution in [2.24, 2.45) is 0 Å². The molecule has 0 bridgehead atoms. The number of rotatable bonds is 13. The number of benzene rings is 2. The Kier molecular flexibility index (Phi) is 10.4. The van der Waals surface area contributed by atoms with Gasteiger partial charge in [-0.15, -0.1) is 0 Å². The Bertz CT molecular complexity index is 954. The maximum atomic E-state index is 12.8. The third-order valence-electron chi connectivity index (χ3n) is 4.77. The van der Waals surface area contributed by atoms with Crippen LogP contribution in [0.4, 0.5) is 5.69 Å². The molecule has 32 heavy (non-hydrogen) atoms. The van der Waals surface area contributed by atoms with Crippen LogP contribution in [0.3, 0.4) is 0 Å². The Morgan fingerprint density at radius 1 is 0.906 bits per heavy atom. The molecule has 2 aromatic rings. The largest absolute Gasteiger partial charge is 0.465 e. The van der Waals surface area contributed by atoms with E-state index >= 15 is 0 Å². The van der Waals surface area contributed by atoms with E-state index < -0.39 is 16.0 Å². The Morgan fingerprint density at radius 3 is 2.12 bits per heavy atom. The molecule has 1 amide bonds. The third kappa shape index (κ3) is 8.09. The zero-order valence-corrected chi connectivity index (χ0v) is 19.6. The van der Waals surface area contributed by atoms with Gasteiger partial charge < -0.3 is 10.1 Å². The van der Waals surface area contributed by atoms with Gasteiger partial charge in [0.15, 0.2) is 0 Å². The lowest BCUT2D eigenvalue weighted by atomic mass is 10.2. The van der Waals surface area contributed by atoms with Crippen LogP contribution in [0.25, 0.3) is 0 Å². The Morgan fingerprint density at radius 2 is 1.53 bits per heavy atom. The van der Waals surface area contributed by atoms with Gasteiger partial charge in [-0.25, -0.2) is 8.42 Å². The molecule has 8 heteroatoms. The van der Waals surface area contributed by atoms with Gasteiger partial charge in [-0.1, -0.05) is 44.2 Å². The molecule has 7 nitrogen and oxygen atoms in total. The van der Waals surface area contributed by atoms with Crippen molar-refractivity contribution in [1.29, 1.82) is 0 Å². The predicted molar refractivity (Wildman–Crippen MR) is 125 cm³/mol. The number of nitrogens with one attached hydrogen (secondary N) is 1. The van der Waals surface area contributed by atoms with Gasteiger partial charge in [0.1, 0.15) is 0 Å². The second-order valence-corrected chi connectivity index (χ2v) is 9.37. The van der Waals surface area contributed by atoms with Gasteiger partial charge in [0.05, 0.1) is 17.9 Å². The maximum absolute atomic E-state index is 12.8. The number of ether oxygens (including phenoxy) is 1. The van der Waals surface area contributed by atoms with Crippen LogP contribution in [0.1, 0.15) is 45.1 Å². The molecule has 2 aromatic carbocycles. The molecule has 174 valence electrons. The zero-order chi connectivity index (χ0) is 23.4. The standard InChI is InChI=1S/C24H32N2O5S/c1-3-17-26(18-4-2)32(29,30)22-12-10-21(11-13-22)25-23(27)14-15-24(28)31-19-16-20-8-6-5-7-9-20/h5-13H,3-4,14-19H2,1-2H3,(H,25,27). The fraction of sp³-hybridized carbons (Fsp3) is 0.417. The molecule has 0 aliphatic rings. The molecular formula is C24H32N2O5S. The van der Waals surface area contributed by atoms with Crippen LogP contribution in [0.2, 0.25) is 0 Å². The van der Waals surface area contributed by atoms with Crippen LogP contribution in [0, 0.1) is 0 Å². The highest BCUT2D eigenvalue weighted by atomic mass is 32.2. The normalized spacial score (nSPS) is 11.3. The van der Waals surface area contributed by atoms with Crippen molar-refractivity contribution in [2.75, 3.05) is 25.0 Å². The summed E-state index contributed by atoms with van der Waals surface area (Å²) in [6.45, 7) is 5.09. The van der Waals surface area contributed by atoms with Crippen LogP contribution in [0.5, 0.6) is 0 Å². The summed E-state index contributed by atoms with van der Waals surface area (Å²) < 4.78 is 32.2. The van der Waals surface area contributed by atoms with E-state index in [0.29, 0.717) is 25.2 Å². The number of carbonyl (C=O) groups excluding carboxylic acids is 2. The van der Waals surface area contributed by atoms with Crippen molar-refractivity contribution in [2.45, 2.75) is 50.8 Å². The number of amides is 1. The summed E-state index contributed by atoms with van der Waals surface area (Å²) >= 11 is 0. The molecule has 2 rings (SSSR count). The van der Waals surface area contributed by atoms with Crippen LogP contribution in [-0.4, -0.2) is 44.3 Å². The Hall–Kier alpha value is -2.71. The number of carbonyl (C=O) groups is 2. The number of esters is 1. The average Bonchev–Trinajstić information content (AvgIpc) is 2.78. The van der Waals surface area contributed by atoms with Crippen LogP contribution < -0.4 is 5.32 Å². The summed E-state index contributed by atoms with van der Waals surface area (Å²) in [6.07, 6.45) is 2.08. The molecule has 0 aliphatic carbocycles. The van der Waals surface area contributed by atoms with Gasteiger partial charge in [-0.05, 0) is 42.7 Å². The molecule has 1 N–H and O–H groups in total. The summed E-state index contributed by atoms with van der Waals surface area (Å²) in [4.78, 5) is 24.2. The van der Waals surface area contributed by atoms with Crippen molar-refractivity contribution in [1.82, 2.24) is 4.31 Å². The van der Waals surface area contributed by atoms with E-state index in [4.69, 9.17) is 4.74 Å². The smallest absolute Gasteiger partial charge is 0.306 e. The van der Waals surface area contributed by atoms with Gasteiger partial charge >= 0.3 is 5.97 Å². The van der Waals surface area contributed by atoms with E-state index in [9.17, 15) is 18.0 Å². The molecular weight excluding hydrogens is 428 g/mol. The van der Waals surface area contributed by atoms with Crippen LogP contribution >= 0.6 is 0 Å². The quantitative estimate of drug-likeness (QED) is 0.456. The number of hydrogen-bond donors (Lipinski definition) is 1. The lowest BCUT2D eigenvalue weighted by Gasteiger charge is -2.21. The van der Waals surface area contributed by atoms with E-state index in [1.807, 2.05) is 44.2 Å². The minimum Gasteiger partial charge on any atom is -0.465 e.